The number of allylic oxidation sites excluding steroid dienone is 1. The Labute approximate surface area is 110 Å². The molecule has 1 unspecified atom stereocenters. The van der Waals surface area contributed by atoms with Crippen LogP contribution in [0.25, 0.3) is 0 Å². The van der Waals surface area contributed by atoms with Gasteiger partial charge in [-0.25, -0.2) is 0 Å². The molecule has 0 saturated carbocycles. The summed E-state index contributed by atoms with van der Waals surface area (Å²) in [5, 5.41) is 4.06. The summed E-state index contributed by atoms with van der Waals surface area (Å²) >= 11 is 8.34. The third-order valence-electron chi connectivity index (χ3n) is 2.10. The Morgan fingerprint density at radius 1 is 1.47 bits per heavy atom. The van der Waals surface area contributed by atoms with Crippen LogP contribution in [0.1, 0.15) is 25.5 Å². The van der Waals surface area contributed by atoms with Gasteiger partial charge in [-0.1, -0.05) is 23.3 Å². The fourth-order valence-corrected chi connectivity index (χ4v) is 2.27. The number of benzene rings is 1. The molecule has 0 radical (unpaired) electrons. The molecule has 0 fully saturated rings. The van der Waals surface area contributed by atoms with Crippen LogP contribution in [0.5, 0.6) is 0 Å². The Kier molecular flexibility index (Phi) is 5.09. The summed E-state index contributed by atoms with van der Waals surface area (Å²) < 4.78 is 1.23. The van der Waals surface area contributed by atoms with E-state index >= 15 is 0 Å². The molecule has 0 spiro atoms. The highest BCUT2D eigenvalue weighted by Gasteiger charge is 2.10. The standard InChI is InChI=1S/C12H15ClIN/c1-8(2)6-12(15-3)10-7-9(13)4-5-11(10)14/h4-7,12,15H,1-3H3. The van der Waals surface area contributed by atoms with Gasteiger partial charge in [0.25, 0.3) is 0 Å². The van der Waals surface area contributed by atoms with Crippen molar-refractivity contribution in [2.75, 3.05) is 7.05 Å². The van der Waals surface area contributed by atoms with Gasteiger partial charge in [0.1, 0.15) is 0 Å². The first-order valence-electron chi connectivity index (χ1n) is 4.82. The lowest BCUT2D eigenvalue weighted by molar-refractivity contribution is 0.706. The number of hydrogen-bond donors (Lipinski definition) is 1. The first-order chi connectivity index (χ1) is 7.04. The van der Waals surface area contributed by atoms with E-state index in [0.29, 0.717) is 0 Å². The van der Waals surface area contributed by atoms with Gasteiger partial charge in [0, 0.05) is 8.59 Å². The van der Waals surface area contributed by atoms with E-state index in [1.54, 1.807) is 0 Å². The molecule has 0 aliphatic rings. The lowest BCUT2D eigenvalue weighted by Crippen LogP contribution is -2.15. The van der Waals surface area contributed by atoms with Gasteiger partial charge in [-0.3, -0.25) is 0 Å². The van der Waals surface area contributed by atoms with Gasteiger partial charge < -0.3 is 5.32 Å². The van der Waals surface area contributed by atoms with Gasteiger partial charge in [-0.2, -0.15) is 0 Å². The zero-order valence-electron chi connectivity index (χ0n) is 9.14. The first-order valence-corrected chi connectivity index (χ1v) is 6.27. The molecule has 0 saturated heterocycles. The first kappa shape index (κ1) is 13.0. The Bertz CT molecular complexity index is 370. The third kappa shape index (κ3) is 3.78. The van der Waals surface area contributed by atoms with Crippen molar-refractivity contribution < 1.29 is 0 Å². The molecule has 0 bridgehead atoms. The monoisotopic (exact) mass is 335 g/mol. The summed E-state index contributed by atoms with van der Waals surface area (Å²) in [5.41, 5.74) is 2.52. The Morgan fingerprint density at radius 2 is 2.13 bits per heavy atom. The van der Waals surface area contributed by atoms with Crippen molar-refractivity contribution in [1.82, 2.24) is 5.32 Å². The smallest absolute Gasteiger partial charge is 0.0517 e. The lowest BCUT2D eigenvalue weighted by atomic mass is 10.1. The van der Waals surface area contributed by atoms with E-state index in [2.05, 4.69) is 47.8 Å². The van der Waals surface area contributed by atoms with Gasteiger partial charge in [0.15, 0.2) is 0 Å². The summed E-state index contributed by atoms with van der Waals surface area (Å²) in [5.74, 6) is 0. The van der Waals surface area contributed by atoms with Gasteiger partial charge in [-0.05, 0) is 67.2 Å². The highest BCUT2D eigenvalue weighted by Crippen LogP contribution is 2.25. The molecule has 1 nitrogen and oxygen atoms in total. The van der Waals surface area contributed by atoms with Crippen molar-refractivity contribution >= 4 is 34.2 Å². The second kappa shape index (κ2) is 5.87. The van der Waals surface area contributed by atoms with Crippen LogP contribution >= 0.6 is 34.2 Å². The number of likely N-dealkylation sites (N-methyl/N-ethyl adjacent to an activating group) is 1. The highest BCUT2D eigenvalue weighted by molar-refractivity contribution is 14.1. The topological polar surface area (TPSA) is 12.0 Å². The molecule has 0 heterocycles. The SMILES string of the molecule is CNC(C=C(C)C)c1cc(Cl)ccc1I. The summed E-state index contributed by atoms with van der Waals surface area (Å²) in [6.45, 7) is 4.20. The number of nitrogens with one attached hydrogen (secondary N) is 1. The summed E-state index contributed by atoms with van der Waals surface area (Å²) in [6.07, 6.45) is 2.20. The van der Waals surface area contributed by atoms with E-state index in [9.17, 15) is 0 Å². The minimum Gasteiger partial charge on any atom is -0.310 e. The Morgan fingerprint density at radius 3 is 2.67 bits per heavy atom. The minimum atomic E-state index is 0.237. The molecule has 1 rings (SSSR count). The van der Waals surface area contributed by atoms with Crippen LogP contribution in [0.2, 0.25) is 5.02 Å². The fourth-order valence-electron chi connectivity index (χ4n) is 1.41. The van der Waals surface area contributed by atoms with E-state index in [1.165, 1.54) is 14.7 Å². The highest BCUT2D eigenvalue weighted by atomic mass is 127. The normalized spacial score (nSPS) is 12.3. The van der Waals surface area contributed by atoms with Crippen LogP contribution in [-0.2, 0) is 0 Å². The zero-order chi connectivity index (χ0) is 11.4. The number of hydrogen-bond acceptors (Lipinski definition) is 1. The van der Waals surface area contributed by atoms with Gasteiger partial charge >= 0.3 is 0 Å². The van der Waals surface area contributed by atoms with Crippen molar-refractivity contribution in [3.05, 3.63) is 44.0 Å². The maximum atomic E-state index is 6.00. The third-order valence-corrected chi connectivity index (χ3v) is 3.32. The molecule has 82 valence electrons. The average molecular weight is 336 g/mol. The van der Waals surface area contributed by atoms with E-state index in [1.807, 2.05) is 25.2 Å². The minimum absolute atomic E-state index is 0.237. The molecule has 1 N–H and O–H groups in total. The van der Waals surface area contributed by atoms with E-state index in [-0.39, 0.29) is 6.04 Å². The molecular formula is C12H15ClIN. The van der Waals surface area contributed by atoms with Crippen molar-refractivity contribution in [3.8, 4) is 0 Å². The average Bonchev–Trinajstić information content (AvgIpc) is 2.18. The Hall–Kier alpha value is -0.0600. The van der Waals surface area contributed by atoms with Crippen LogP contribution in [0.4, 0.5) is 0 Å². The molecule has 1 aromatic rings. The van der Waals surface area contributed by atoms with Gasteiger partial charge in [-0.15, -0.1) is 0 Å². The number of rotatable bonds is 3. The van der Waals surface area contributed by atoms with Crippen molar-refractivity contribution in [3.63, 3.8) is 0 Å². The Balaban J connectivity index is 3.11. The second-order valence-corrected chi connectivity index (χ2v) is 5.27. The molecule has 15 heavy (non-hydrogen) atoms. The van der Waals surface area contributed by atoms with Crippen LogP contribution in [-0.4, -0.2) is 7.05 Å². The predicted molar refractivity (Wildman–Crippen MR) is 75.4 cm³/mol. The summed E-state index contributed by atoms with van der Waals surface area (Å²) in [7, 11) is 1.96. The van der Waals surface area contributed by atoms with Crippen molar-refractivity contribution in [1.29, 1.82) is 0 Å². The maximum Gasteiger partial charge on any atom is 0.0517 e. The quantitative estimate of drug-likeness (QED) is 0.646. The predicted octanol–water partition coefficient (Wildman–Crippen LogP) is 4.17. The van der Waals surface area contributed by atoms with E-state index < -0.39 is 0 Å². The van der Waals surface area contributed by atoms with Gasteiger partial charge in [0.05, 0.1) is 6.04 Å². The molecule has 1 aromatic carbocycles. The second-order valence-electron chi connectivity index (χ2n) is 3.68. The van der Waals surface area contributed by atoms with Crippen LogP contribution in [0.3, 0.4) is 0 Å². The molecule has 0 aliphatic heterocycles. The summed E-state index contributed by atoms with van der Waals surface area (Å²) in [6, 6.07) is 6.22. The zero-order valence-corrected chi connectivity index (χ0v) is 12.1. The van der Waals surface area contributed by atoms with Crippen LogP contribution < -0.4 is 5.32 Å². The fraction of sp³-hybridized carbons (Fsp3) is 0.333. The van der Waals surface area contributed by atoms with E-state index in [4.69, 9.17) is 11.6 Å². The molecule has 0 aliphatic carbocycles. The van der Waals surface area contributed by atoms with Crippen molar-refractivity contribution in [2.45, 2.75) is 19.9 Å². The molecule has 0 aromatic heterocycles. The van der Waals surface area contributed by atoms with E-state index in [0.717, 1.165) is 5.02 Å². The van der Waals surface area contributed by atoms with Crippen molar-refractivity contribution in [2.24, 2.45) is 0 Å². The molecule has 0 amide bonds. The van der Waals surface area contributed by atoms with Crippen LogP contribution in [0, 0.1) is 3.57 Å². The summed E-state index contributed by atoms with van der Waals surface area (Å²) in [4.78, 5) is 0. The molecule has 3 heteroatoms. The lowest BCUT2D eigenvalue weighted by Gasteiger charge is -2.15. The largest absolute Gasteiger partial charge is 0.310 e. The van der Waals surface area contributed by atoms with Gasteiger partial charge in [0.2, 0.25) is 0 Å². The van der Waals surface area contributed by atoms with Crippen LogP contribution in [0.15, 0.2) is 29.8 Å². The molecular weight excluding hydrogens is 320 g/mol. The maximum absolute atomic E-state index is 6.00. The number of halogens is 2. The molecule has 1 atom stereocenters.